The lowest BCUT2D eigenvalue weighted by molar-refractivity contribution is -0.384. The lowest BCUT2D eigenvalue weighted by atomic mass is 10.1. The van der Waals surface area contributed by atoms with Crippen molar-refractivity contribution in [2.24, 2.45) is 0 Å². The van der Waals surface area contributed by atoms with Crippen molar-refractivity contribution in [2.45, 2.75) is 13.0 Å². The minimum atomic E-state index is -0.436. The summed E-state index contributed by atoms with van der Waals surface area (Å²) >= 11 is 18.1. The van der Waals surface area contributed by atoms with E-state index in [1.54, 1.807) is 24.3 Å². The molecule has 21 heavy (non-hydrogen) atoms. The van der Waals surface area contributed by atoms with Crippen molar-refractivity contribution in [3.8, 4) is 0 Å². The lowest BCUT2D eigenvalue weighted by Gasteiger charge is -2.18. The molecule has 0 aliphatic rings. The molecule has 0 amide bonds. The molecule has 4 nitrogen and oxygen atoms in total. The van der Waals surface area contributed by atoms with E-state index in [0.29, 0.717) is 20.8 Å². The molecular weight excluding hydrogens is 335 g/mol. The summed E-state index contributed by atoms with van der Waals surface area (Å²) in [5.74, 6) is 0. The third kappa shape index (κ3) is 3.79. The number of non-ortho nitro benzene ring substituents is 1. The maximum Gasteiger partial charge on any atom is 0.269 e. The summed E-state index contributed by atoms with van der Waals surface area (Å²) in [6.07, 6.45) is 0. The van der Waals surface area contributed by atoms with E-state index in [0.717, 1.165) is 5.56 Å². The average molecular weight is 346 g/mol. The smallest absolute Gasteiger partial charge is 0.269 e. The Hall–Kier alpha value is -1.49. The Morgan fingerprint density at radius 2 is 1.62 bits per heavy atom. The van der Waals surface area contributed by atoms with Gasteiger partial charge in [0.2, 0.25) is 0 Å². The van der Waals surface area contributed by atoms with Crippen LogP contribution < -0.4 is 5.32 Å². The highest BCUT2D eigenvalue weighted by atomic mass is 35.5. The fourth-order valence-electron chi connectivity index (χ4n) is 1.86. The van der Waals surface area contributed by atoms with E-state index in [-0.39, 0.29) is 11.7 Å². The van der Waals surface area contributed by atoms with Crippen LogP contribution in [0.4, 0.5) is 11.4 Å². The van der Waals surface area contributed by atoms with Gasteiger partial charge >= 0.3 is 0 Å². The Labute approximate surface area is 136 Å². The van der Waals surface area contributed by atoms with Gasteiger partial charge in [0.1, 0.15) is 0 Å². The van der Waals surface area contributed by atoms with Crippen molar-refractivity contribution in [3.05, 3.63) is 67.1 Å². The summed E-state index contributed by atoms with van der Waals surface area (Å²) in [6.45, 7) is 1.91. The molecule has 110 valence electrons. The van der Waals surface area contributed by atoms with Gasteiger partial charge in [-0.1, -0.05) is 46.9 Å². The van der Waals surface area contributed by atoms with Crippen LogP contribution >= 0.6 is 34.8 Å². The monoisotopic (exact) mass is 344 g/mol. The van der Waals surface area contributed by atoms with Crippen molar-refractivity contribution >= 4 is 46.2 Å². The third-order valence-electron chi connectivity index (χ3n) is 2.97. The Kier molecular flexibility index (Phi) is 4.93. The number of rotatable bonds is 4. The zero-order chi connectivity index (χ0) is 15.6. The molecule has 0 aliphatic heterocycles. The molecule has 1 unspecified atom stereocenters. The first kappa shape index (κ1) is 15.9. The van der Waals surface area contributed by atoms with Gasteiger partial charge in [0.25, 0.3) is 5.69 Å². The SMILES string of the molecule is CC(Nc1c(Cl)cc(Cl)cc1Cl)c1ccc([N+](=O)[O-])cc1. The summed E-state index contributed by atoms with van der Waals surface area (Å²) in [5.41, 5.74) is 1.50. The Morgan fingerprint density at radius 3 is 2.10 bits per heavy atom. The summed E-state index contributed by atoms with van der Waals surface area (Å²) < 4.78 is 0. The molecule has 0 radical (unpaired) electrons. The van der Waals surface area contributed by atoms with Crippen molar-refractivity contribution in [3.63, 3.8) is 0 Å². The van der Waals surface area contributed by atoms with Crippen LogP contribution in [0.15, 0.2) is 36.4 Å². The predicted molar refractivity (Wildman–Crippen MR) is 86.6 cm³/mol. The first-order valence-electron chi connectivity index (χ1n) is 6.04. The quantitative estimate of drug-likeness (QED) is 0.569. The molecule has 0 aromatic heterocycles. The van der Waals surface area contributed by atoms with Crippen LogP contribution in [-0.4, -0.2) is 4.92 Å². The van der Waals surface area contributed by atoms with Gasteiger partial charge in [0.05, 0.1) is 20.7 Å². The third-order valence-corrected chi connectivity index (χ3v) is 3.79. The number of benzene rings is 2. The van der Waals surface area contributed by atoms with Gasteiger partial charge < -0.3 is 5.32 Å². The van der Waals surface area contributed by atoms with Gasteiger partial charge in [-0.25, -0.2) is 0 Å². The number of anilines is 1. The van der Waals surface area contributed by atoms with Crippen LogP contribution in [0, 0.1) is 10.1 Å². The molecule has 2 rings (SSSR count). The van der Waals surface area contributed by atoms with Crippen LogP contribution in [0.3, 0.4) is 0 Å². The first-order chi connectivity index (χ1) is 9.88. The molecular formula is C14H11Cl3N2O2. The van der Waals surface area contributed by atoms with E-state index in [1.165, 1.54) is 12.1 Å². The molecule has 0 saturated heterocycles. The first-order valence-corrected chi connectivity index (χ1v) is 7.17. The zero-order valence-electron chi connectivity index (χ0n) is 10.9. The molecule has 1 N–H and O–H groups in total. The minimum Gasteiger partial charge on any atom is -0.376 e. The van der Waals surface area contributed by atoms with E-state index in [2.05, 4.69) is 5.32 Å². The van der Waals surface area contributed by atoms with E-state index in [4.69, 9.17) is 34.8 Å². The van der Waals surface area contributed by atoms with Crippen LogP contribution in [-0.2, 0) is 0 Å². The minimum absolute atomic E-state index is 0.0495. The normalized spacial score (nSPS) is 12.0. The largest absolute Gasteiger partial charge is 0.376 e. The predicted octanol–water partition coefficient (Wildman–Crippen LogP) is 5.73. The molecule has 0 heterocycles. The molecule has 0 fully saturated rings. The summed E-state index contributed by atoms with van der Waals surface area (Å²) in [5, 5.41) is 15.1. The second kappa shape index (κ2) is 6.52. The van der Waals surface area contributed by atoms with Gasteiger partial charge in [-0.15, -0.1) is 0 Å². The Balaban J connectivity index is 2.22. The molecule has 2 aromatic rings. The fourth-order valence-corrected chi connectivity index (χ4v) is 2.79. The topological polar surface area (TPSA) is 55.2 Å². The standard InChI is InChI=1S/C14H11Cl3N2O2/c1-8(9-2-4-11(5-3-9)19(20)21)18-14-12(16)6-10(15)7-13(14)17/h2-8,18H,1H3. The van der Waals surface area contributed by atoms with Crippen LogP contribution in [0.1, 0.15) is 18.5 Å². The molecule has 0 spiro atoms. The maximum atomic E-state index is 10.6. The van der Waals surface area contributed by atoms with E-state index in [1.807, 2.05) is 6.92 Å². The van der Waals surface area contributed by atoms with Crippen LogP contribution in [0.2, 0.25) is 15.1 Å². The van der Waals surface area contributed by atoms with Gasteiger partial charge in [0, 0.05) is 23.2 Å². The molecule has 0 saturated carbocycles. The zero-order valence-corrected chi connectivity index (χ0v) is 13.2. The van der Waals surface area contributed by atoms with E-state index in [9.17, 15) is 10.1 Å². The van der Waals surface area contributed by atoms with Crippen molar-refractivity contribution < 1.29 is 4.92 Å². The average Bonchev–Trinajstić information content (AvgIpc) is 2.42. The van der Waals surface area contributed by atoms with Crippen LogP contribution in [0.5, 0.6) is 0 Å². The van der Waals surface area contributed by atoms with Crippen molar-refractivity contribution in [1.82, 2.24) is 0 Å². The van der Waals surface area contributed by atoms with E-state index >= 15 is 0 Å². The van der Waals surface area contributed by atoms with Gasteiger partial charge in [-0.2, -0.15) is 0 Å². The fraction of sp³-hybridized carbons (Fsp3) is 0.143. The number of hydrogen-bond donors (Lipinski definition) is 1. The number of halogens is 3. The molecule has 0 aliphatic carbocycles. The molecule has 1 atom stereocenters. The highest BCUT2D eigenvalue weighted by Gasteiger charge is 2.13. The van der Waals surface area contributed by atoms with E-state index < -0.39 is 4.92 Å². The Bertz CT molecular complexity index is 651. The molecule has 7 heteroatoms. The Morgan fingerprint density at radius 1 is 1.10 bits per heavy atom. The van der Waals surface area contributed by atoms with Crippen molar-refractivity contribution in [1.29, 1.82) is 0 Å². The maximum absolute atomic E-state index is 10.6. The van der Waals surface area contributed by atoms with Gasteiger partial charge in [-0.05, 0) is 24.6 Å². The second-order valence-electron chi connectivity index (χ2n) is 4.46. The highest BCUT2D eigenvalue weighted by Crippen LogP contribution is 2.36. The van der Waals surface area contributed by atoms with Gasteiger partial charge in [-0.3, -0.25) is 10.1 Å². The lowest BCUT2D eigenvalue weighted by Crippen LogP contribution is -2.07. The highest BCUT2D eigenvalue weighted by molar-refractivity contribution is 6.41. The summed E-state index contributed by atoms with van der Waals surface area (Å²) in [7, 11) is 0. The molecule has 0 bridgehead atoms. The van der Waals surface area contributed by atoms with Crippen LogP contribution in [0.25, 0.3) is 0 Å². The number of nitro groups is 1. The number of nitro benzene ring substituents is 1. The molecule has 2 aromatic carbocycles. The second-order valence-corrected chi connectivity index (χ2v) is 5.71. The summed E-state index contributed by atoms with van der Waals surface area (Å²) in [4.78, 5) is 10.2. The number of hydrogen-bond acceptors (Lipinski definition) is 3. The van der Waals surface area contributed by atoms with Gasteiger partial charge in [0.15, 0.2) is 0 Å². The number of nitrogens with one attached hydrogen (secondary N) is 1. The van der Waals surface area contributed by atoms with Crippen molar-refractivity contribution in [2.75, 3.05) is 5.32 Å². The summed E-state index contributed by atoms with van der Waals surface area (Å²) in [6, 6.07) is 9.36. The number of nitrogens with zero attached hydrogens (tertiary/aromatic N) is 1.